The SMILES string of the molecule is COc1ccccc1C(=O)Oc1ccc(OC(=O)c2ccccc2OC)c(OC(=O)c2ccccc2OC)c1. The molecule has 0 aliphatic carbocycles. The molecule has 0 amide bonds. The van der Waals surface area contributed by atoms with Crippen LogP contribution < -0.4 is 28.4 Å². The summed E-state index contributed by atoms with van der Waals surface area (Å²) in [5, 5.41) is 0. The van der Waals surface area contributed by atoms with Gasteiger partial charge in [-0.05, 0) is 48.5 Å². The van der Waals surface area contributed by atoms with Crippen LogP contribution in [-0.4, -0.2) is 39.2 Å². The molecule has 0 bridgehead atoms. The van der Waals surface area contributed by atoms with Gasteiger partial charge in [0.15, 0.2) is 11.5 Å². The van der Waals surface area contributed by atoms with Gasteiger partial charge in [-0.15, -0.1) is 0 Å². The molecule has 0 saturated carbocycles. The van der Waals surface area contributed by atoms with Gasteiger partial charge in [0.2, 0.25) is 0 Å². The molecular formula is C30H24O9. The molecule has 0 unspecified atom stereocenters. The fourth-order valence-corrected chi connectivity index (χ4v) is 3.63. The van der Waals surface area contributed by atoms with Crippen molar-refractivity contribution in [2.75, 3.05) is 21.3 Å². The highest BCUT2D eigenvalue weighted by Crippen LogP contribution is 2.35. The molecular weight excluding hydrogens is 504 g/mol. The quantitative estimate of drug-likeness (QED) is 0.209. The lowest BCUT2D eigenvalue weighted by Crippen LogP contribution is -2.14. The first-order chi connectivity index (χ1) is 18.9. The van der Waals surface area contributed by atoms with Crippen LogP contribution in [0.2, 0.25) is 0 Å². The first-order valence-corrected chi connectivity index (χ1v) is 11.6. The molecule has 0 aromatic heterocycles. The van der Waals surface area contributed by atoms with Gasteiger partial charge < -0.3 is 28.4 Å². The van der Waals surface area contributed by atoms with Crippen LogP contribution in [0.5, 0.6) is 34.5 Å². The third-order valence-electron chi connectivity index (χ3n) is 5.51. The maximum atomic E-state index is 13.1. The van der Waals surface area contributed by atoms with E-state index in [1.54, 1.807) is 60.7 Å². The molecule has 0 heterocycles. The summed E-state index contributed by atoms with van der Waals surface area (Å²) in [4.78, 5) is 38.8. The van der Waals surface area contributed by atoms with Crippen molar-refractivity contribution in [3.8, 4) is 34.5 Å². The Hall–Kier alpha value is -5.31. The van der Waals surface area contributed by atoms with Gasteiger partial charge in [0, 0.05) is 6.07 Å². The monoisotopic (exact) mass is 528 g/mol. The van der Waals surface area contributed by atoms with Gasteiger partial charge in [-0.25, -0.2) is 14.4 Å². The minimum absolute atomic E-state index is 0.0332. The van der Waals surface area contributed by atoms with Gasteiger partial charge in [-0.3, -0.25) is 0 Å². The third-order valence-corrected chi connectivity index (χ3v) is 5.51. The number of benzene rings is 4. The van der Waals surface area contributed by atoms with Crippen molar-refractivity contribution in [3.63, 3.8) is 0 Å². The van der Waals surface area contributed by atoms with Crippen LogP contribution in [0.4, 0.5) is 0 Å². The molecule has 4 rings (SSSR count). The molecule has 0 fully saturated rings. The predicted molar refractivity (Wildman–Crippen MR) is 140 cm³/mol. The largest absolute Gasteiger partial charge is 0.496 e. The van der Waals surface area contributed by atoms with Crippen molar-refractivity contribution in [2.45, 2.75) is 0 Å². The zero-order chi connectivity index (χ0) is 27.8. The molecule has 0 N–H and O–H groups in total. The van der Waals surface area contributed by atoms with Crippen molar-refractivity contribution in [1.29, 1.82) is 0 Å². The summed E-state index contributed by atoms with van der Waals surface area (Å²) in [5.41, 5.74) is 0.492. The Kier molecular flexibility index (Phi) is 8.43. The molecule has 198 valence electrons. The normalized spacial score (nSPS) is 10.2. The highest BCUT2D eigenvalue weighted by molar-refractivity contribution is 5.96. The molecule has 39 heavy (non-hydrogen) atoms. The van der Waals surface area contributed by atoms with E-state index in [9.17, 15) is 14.4 Å². The number of esters is 3. The number of hydrogen-bond donors (Lipinski definition) is 0. The number of carbonyl (C=O) groups is 3. The Morgan fingerprint density at radius 3 is 1.26 bits per heavy atom. The molecule has 0 aliphatic rings. The summed E-state index contributed by atoms with van der Waals surface area (Å²) in [6.45, 7) is 0. The molecule has 0 saturated heterocycles. The molecule has 4 aromatic rings. The second-order valence-electron chi connectivity index (χ2n) is 7.88. The lowest BCUT2D eigenvalue weighted by molar-refractivity contribution is 0.0675. The summed E-state index contributed by atoms with van der Waals surface area (Å²) in [5.74, 6) is -1.54. The lowest BCUT2D eigenvalue weighted by Gasteiger charge is -2.14. The Morgan fingerprint density at radius 2 is 0.821 bits per heavy atom. The van der Waals surface area contributed by atoms with Crippen LogP contribution in [0.15, 0.2) is 91.0 Å². The third kappa shape index (κ3) is 6.16. The highest BCUT2D eigenvalue weighted by atomic mass is 16.6. The van der Waals surface area contributed by atoms with E-state index in [1.807, 2.05) is 0 Å². The zero-order valence-electron chi connectivity index (χ0n) is 21.3. The average Bonchev–Trinajstić information content (AvgIpc) is 2.98. The van der Waals surface area contributed by atoms with Gasteiger partial charge in [-0.1, -0.05) is 36.4 Å². The fourth-order valence-electron chi connectivity index (χ4n) is 3.63. The molecule has 0 atom stereocenters. The van der Waals surface area contributed by atoms with Crippen LogP contribution in [0, 0.1) is 0 Å². The van der Waals surface area contributed by atoms with Crippen molar-refractivity contribution in [1.82, 2.24) is 0 Å². The summed E-state index contributed by atoms with van der Waals surface area (Å²) >= 11 is 0. The summed E-state index contributed by atoms with van der Waals surface area (Å²) in [7, 11) is 4.29. The van der Waals surface area contributed by atoms with E-state index in [2.05, 4.69) is 0 Å². The van der Waals surface area contributed by atoms with Crippen LogP contribution >= 0.6 is 0 Å². The van der Waals surface area contributed by atoms with Crippen molar-refractivity contribution >= 4 is 17.9 Å². The number of ether oxygens (including phenoxy) is 6. The first kappa shape index (κ1) is 26.7. The first-order valence-electron chi connectivity index (χ1n) is 11.6. The maximum Gasteiger partial charge on any atom is 0.347 e. The van der Waals surface area contributed by atoms with E-state index in [-0.39, 0.29) is 39.7 Å². The van der Waals surface area contributed by atoms with Crippen molar-refractivity contribution < 1.29 is 42.8 Å². The van der Waals surface area contributed by atoms with E-state index in [0.29, 0.717) is 11.5 Å². The number of methoxy groups -OCH3 is 3. The van der Waals surface area contributed by atoms with E-state index >= 15 is 0 Å². The molecule has 0 aliphatic heterocycles. The van der Waals surface area contributed by atoms with Crippen LogP contribution in [0.3, 0.4) is 0 Å². The zero-order valence-corrected chi connectivity index (χ0v) is 21.3. The smallest absolute Gasteiger partial charge is 0.347 e. The Morgan fingerprint density at radius 1 is 0.436 bits per heavy atom. The lowest BCUT2D eigenvalue weighted by atomic mass is 10.2. The van der Waals surface area contributed by atoms with Gasteiger partial charge in [-0.2, -0.15) is 0 Å². The summed E-state index contributed by atoms with van der Waals surface area (Å²) < 4.78 is 32.4. The van der Waals surface area contributed by atoms with Gasteiger partial charge in [0.1, 0.15) is 39.7 Å². The van der Waals surface area contributed by atoms with Gasteiger partial charge in [0.05, 0.1) is 21.3 Å². The number of hydrogen-bond acceptors (Lipinski definition) is 9. The Bertz CT molecular complexity index is 1510. The minimum atomic E-state index is -0.782. The minimum Gasteiger partial charge on any atom is -0.496 e. The predicted octanol–water partition coefficient (Wildman–Crippen LogP) is 5.37. The fraction of sp³-hybridized carbons (Fsp3) is 0.100. The summed E-state index contributed by atoms with van der Waals surface area (Å²) in [6.07, 6.45) is 0. The van der Waals surface area contributed by atoms with Crippen LogP contribution in [0.1, 0.15) is 31.1 Å². The maximum absolute atomic E-state index is 13.1. The molecule has 4 aromatic carbocycles. The Labute approximate surface area is 224 Å². The van der Waals surface area contributed by atoms with Gasteiger partial charge >= 0.3 is 17.9 Å². The highest BCUT2D eigenvalue weighted by Gasteiger charge is 2.22. The Balaban J connectivity index is 1.67. The summed E-state index contributed by atoms with van der Waals surface area (Å²) in [6, 6.07) is 23.6. The van der Waals surface area contributed by atoms with E-state index in [4.69, 9.17) is 28.4 Å². The number of carbonyl (C=O) groups excluding carboxylic acids is 3. The topological polar surface area (TPSA) is 107 Å². The van der Waals surface area contributed by atoms with Crippen molar-refractivity contribution in [3.05, 3.63) is 108 Å². The van der Waals surface area contributed by atoms with Gasteiger partial charge in [0.25, 0.3) is 0 Å². The number of para-hydroxylation sites is 3. The molecule has 0 radical (unpaired) electrons. The van der Waals surface area contributed by atoms with Crippen LogP contribution in [-0.2, 0) is 0 Å². The number of rotatable bonds is 9. The van der Waals surface area contributed by atoms with Crippen molar-refractivity contribution in [2.24, 2.45) is 0 Å². The molecule has 0 spiro atoms. The second kappa shape index (κ2) is 12.3. The standard InChI is InChI=1S/C30H24O9/c1-34-23-13-7-4-10-20(23)28(31)37-19-16-17-26(38-29(32)21-11-5-8-14-24(21)35-2)27(18-19)39-30(33)22-12-6-9-15-25(22)36-3/h4-18H,1-3H3. The van der Waals surface area contributed by atoms with E-state index < -0.39 is 17.9 Å². The average molecular weight is 529 g/mol. The second-order valence-corrected chi connectivity index (χ2v) is 7.88. The van der Waals surface area contributed by atoms with Crippen LogP contribution in [0.25, 0.3) is 0 Å². The molecule has 9 heteroatoms. The molecule has 9 nitrogen and oxygen atoms in total. The van der Waals surface area contributed by atoms with E-state index in [0.717, 1.165) is 0 Å². The van der Waals surface area contributed by atoms with E-state index in [1.165, 1.54) is 51.7 Å².